The van der Waals surface area contributed by atoms with Gasteiger partial charge in [0, 0.05) is 0 Å². The van der Waals surface area contributed by atoms with Crippen molar-refractivity contribution in [2.45, 2.75) is 52.4 Å². The van der Waals surface area contributed by atoms with Crippen molar-refractivity contribution in [3.8, 4) is 11.5 Å². The van der Waals surface area contributed by atoms with E-state index in [2.05, 4.69) is 41.5 Å². The average Bonchev–Trinajstić information content (AvgIpc) is 2.52. The predicted molar refractivity (Wildman–Crippen MR) is 101 cm³/mol. The van der Waals surface area contributed by atoms with Gasteiger partial charge in [0.25, 0.3) is 0 Å². The molecule has 3 nitrogen and oxygen atoms in total. The summed E-state index contributed by atoms with van der Waals surface area (Å²) in [5.74, 6) is 0.841. The average molecular weight is 340 g/mol. The highest BCUT2D eigenvalue weighted by Gasteiger charge is 2.19. The Labute approximate surface area is 151 Å². The van der Waals surface area contributed by atoms with Crippen molar-refractivity contribution < 1.29 is 14.3 Å². The number of carbonyl (C=O) groups excluding carboxylic acids is 1. The largest absolute Gasteiger partial charge is 0.482 e. The van der Waals surface area contributed by atoms with Crippen LogP contribution in [0, 0.1) is 0 Å². The van der Waals surface area contributed by atoms with E-state index in [1.807, 2.05) is 48.5 Å². The molecule has 0 atom stereocenters. The fourth-order valence-electron chi connectivity index (χ4n) is 2.53. The van der Waals surface area contributed by atoms with E-state index < -0.39 is 5.97 Å². The van der Waals surface area contributed by atoms with Gasteiger partial charge in [0.15, 0.2) is 6.61 Å². The highest BCUT2D eigenvalue weighted by atomic mass is 16.6. The van der Waals surface area contributed by atoms with E-state index in [1.54, 1.807) is 0 Å². The van der Waals surface area contributed by atoms with Gasteiger partial charge in [-0.25, -0.2) is 4.79 Å². The Bertz CT molecular complexity index is 716. The highest BCUT2D eigenvalue weighted by molar-refractivity contribution is 5.74. The number of hydrogen-bond donors (Lipinski definition) is 0. The van der Waals surface area contributed by atoms with E-state index in [9.17, 15) is 4.79 Å². The third-order valence-corrected chi connectivity index (χ3v) is 3.99. The van der Waals surface area contributed by atoms with Gasteiger partial charge >= 0.3 is 5.97 Å². The highest BCUT2D eigenvalue weighted by Crippen LogP contribution is 2.31. The summed E-state index contributed by atoms with van der Waals surface area (Å²) in [6, 6.07) is 15.4. The van der Waals surface area contributed by atoms with Gasteiger partial charge in [0.05, 0.1) is 0 Å². The van der Waals surface area contributed by atoms with Crippen molar-refractivity contribution in [2.75, 3.05) is 6.61 Å². The molecule has 0 spiro atoms. The van der Waals surface area contributed by atoms with Crippen molar-refractivity contribution in [3.63, 3.8) is 0 Å². The van der Waals surface area contributed by atoms with Gasteiger partial charge in [-0.1, -0.05) is 71.9 Å². The Morgan fingerprint density at radius 3 is 2.00 bits per heavy atom. The normalized spacial score (nSPS) is 11.9. The smallest absolute Gasteiger partial charge is 0.349 e. The van der Waals surface area contributed by atoms with Crippen LogP contribution < -0.4 is 9.47 Å². The molecule has 0 aliphatic rings. The van der Waals surface area contributed by atoms with Gasteiger partial charge in [-0.15, -0.1) is 0 Å². The molecule has 0 fully saturated rings. The molecule has 25 heavy (non-hydrogen) atoms. The summed E-state index contributed by atoms with van der Waals surface area (Å²) in [6.07, 6.45) is 0. The molecule has 0 saturated carbocycles. The van der Waals surface area contributed by atoms with Crippen LogP contribution in [0.5, 0.6) is 11.5 Å². The number of esters is 1. The molecule has 0 amide bonds. The summed E-state index contributed by atoms with van der Waals surface area (Å²) in [6.45, 7) is 12.7. The first-order valence-corrected chi connectivity index (χ1v) is 8.61. The van der Waals surface area contributed by atoms with Crippen LogP contribution in [-0.2, 0) is 15.6 Å². The number of ether oxygens (including phenoxy) is 2. The Morgan fingerprint density at radius 1 is 0.840 bits per heavy atom. The summed E-state index contributed by atoms with van der Waals surface area (Å²) in [5.41, 5.74) is 2.28. The fraction of sp³-hybridized carbons (Fsp3) is 0.409. The van der Waals surface area contributed by atoms with Crippen molar-refractivity contribution in [1.29, 1.82) is 0 Å². The summed E-state index contributed by atoms with van der Waals surface area (Å²) in [7, 11) is 0. The molecule has 2 aromatic carbocycles. The summed E-state index contributed by atoms with van der Waals surface area (Å²) >= 11 is 0. The van der Waals surface area contributed by atoms with Crippen molar-refractivity contribution >= 4 is 5.97 Å². The zero-order chi connectivity index (χ0) is 18.7. The second-order valence-electron chi connectivity index (χ2n) is 8.28. The number of benzene rings is 2. The minimum atomic E-state index is -0.410. The van der Waals surface area contributed by atoms with Crippen LogP contribution in [0.25, 0.3) is 0 Å². The van der Waals surface area contributed by atoms with Crippen LogP contribution in [0.15, 0.2) is 48.5 Å². The maximum atomic E-state index is 12.1. The quantitative estimate of drug-likeness (QED) is 0.562. The number of carbonyl (C=O) groups is 1. The van der Waals surface area contributed by atoms with Gasteiger partial charge in [0.2, 0.25) is 0 Å². The predicted octanol–water partition coefficient (Wildman–Crippen LogP) is 5.27. The van der Waals surface area contributed by atoms with Crippen molar-refractivity contribution in [3.05, 3.63) is 59.7 Å². The van der Waals surface area contributed by atoms with Gasteiger partial charge in [-0.3, -0.25) is 0 Å². The third kappa shape index (κ3) is 5.35. The van der Waals surface area contributed by atoms with Gasteiger partial charge in [-0.05, 0) is 40.2 Å². The van der Waals surface area contributed by atoms with Crippen molar-refractivity contribution in [1.82, 2.24) is 0 Å². The molecule has 0 unspecified atom stereocenters. The van der Waals surface area contributed by atoms with E-state index in [0.29, 0.717) is 5.75 Å². The number of rotatable bonds is 4. The molecule has 2 rings (SSSR count). The molecule has 0 aliphatic heterocycles. The topological polar surface area (TPSA) is 35.5 Å². The fourth-order valence-corrected chi connectivity index (χ4v) is 2.53. The Balaban J connectivity index is 1.98. The zero-order valence-corrected chi connectivity index (χ0v) is 16.1. The molecule has 0 aliphatic carbocycles. The molecule has 0 aromatic heterocycles. The van der Waals surface area contributed by atoms with Crippen LogP contribution in [0.3, 0.4) is 0 Å². The number of hydrogen-bond acceptors (Lipinski definition) is 3. The molecule has 3 heteroatoms. The van der Waals surface area contributed by atoms with E-state index in [-0.39, 0.29) is 17.4 Å². The minimum Gasteiger partial charge on any atom is -0.482 e. The van der Waals surface area contributed by atoms with Crippen LogP contribution in [0.2, 0.25) is 0 Å². The van der Waals surface area contributed by atoms with E-state index in [4.69, 9.17) is 9.47 Å². The SMILES string of the molecule is CC(C)(C)c1ccc(OC(=O)COc2ccccc2C(C)(C)C)cc1. The monoisotopic (exact) mass is 340 g/mol. The second-order valence-corrected chi connectivity index (χ2v) is 8.28. The van der Waals surface area contributed by atoms with Crippen molar-refractivity contribution in [2.24, 2.45) is 0 Å². The molecule has 0 saturated heterocycles. The first-order valence-electron chi connectivity index (χ1n) is 8.61. The van der Waals surface area contributed by atoms with Crippen LogP contribution in [-0.4, -0.2) is 12.6 Å². The van der Waals surface area contributed by atoms with E-state index in [0.717, 1.165) is 11.3 Å². The minimum absolute atomic E-state index is 0.0523. The number of para-hydroxylation sites is 1. The van der Waals surface area contributed by atoms with Gasteiger partial charge in [0.1, 0.15) is 11.5 Å². The maximum Gasteiger partial charge on any atom is 0.349 e. The first-order chi connectivity index (χ1) is 11.6. The molecule has 0 radical (unpaired) electrons. The van der Waals surface area contributed by atoms with Crippen LogP contribution >= 0.6 is 0 Å². The molecule has 0 heterocycles. The Hall–Kier alpha value is -2.29. The van der Waals surface area contributed by atoms with E-state index >= 15 is 0 Å². The molecule has 0 bridgehead atoms. The zero-order valence-electron chi connectivity index (χ0n) is 16.1. The lowest BCUT2D eigenvalue weighted by molar-refractivity contribution is -0.136. The Kier molecular flexibility index (Phi) is 5.56. The second kappa shape index (κ2) is 7.30. The summed E-state index contributed by atoms with van der Waals surface area (Å²) in [4.78, 5) is 12.1. The first kappa shape index (κ1) is 19.0. The molecular weight excluding hydrogens is 312 g/mol. The summed E-state index contributed by atoms with van der Waals surface area (Å²) < 4.78 is 11.1. The molecular formula is C22H28O3. The maximum absolute atomic E-state index is 12.1. The molecule has 0 N–H and O–H groups in total. The molecule has 2 aromatic rings. The summed E-state index contributed by atoms with van der Waals surface area (Å²) in [5, 5.41) is 0. The third-order valence-electron chi connectivity index (χ3n) is 3.99. The van der Waals surface area contributed by atoms with E-state index in [1.165, 1.54) is 5.56 Å². The van der Waals surface area contributed by atoms with Gasteiger partial charge in [-0.2, -0.15) is 0 Å². The lowest BCUT2D eigenvalue weighted by Crippen LogP contribution is -2.20. The van der Waals surface area contributed by atoms with Crippen LogP contribution in [0.1, 0.15) is 52.7 Å². The lowest BCUT2D eigenvalue weighted by atomic mass is 9.86. The lowest BCUT2D eigenvalue weighted by Gasteiger charge is -2.22. The Morgan fingerprint density at radius 2 is 1.44 bits per heavy atom. The van der Waals surface area contributed by atoms with Crippen LogP contribution in [0.4, 0.5) is 0 Å². The van der Waals surface area contributed by atoms with Gasteiger partial charge < -0.3 is 9.47 Å². The molecule has 134 valence electrons. The standard InChI is InChI=1S/C22H28O3/c1-21(2,3)16-11-13-17(14-12-16)25-20(23)15-24-19-10-8-7-9-18(19)22(4,5)6/h7-14H,15H2,1-6H3.